The molecule has 0 saturated carbocycles. The third-order valence-electron chi connectivity index (χ3n) is 5.87. The highest BCUT2D eigenvalue weighted by Crippen LogP contribution is 2.38. The summed E-state index contributed by atoms with van der Waals surface area (Å²) >= 11 is 0. The van der Waals surface area contributed by atoms with Crippen LogP contribution < -0.4 is 15.4 Å². The Balaban J connectivity index is 1.56. The lowest BCUT2D eigenvalue weighted by atomic mass is 9.90. The maximum atomic E-state index is 13.2. The van der Waals surface area contributed by atoms with Crippen molar-refractivity contribution in [3.05, 3.63) is 54.0 Å². The second-order valence-corrected chi connectivity index (χ2v) is 9.12. The predicted molar refractivity (Wildman–Crippen MR) is 119 cm³/mol. The molecule has 0 aromatic carbocycles. The van der Waals surface area contributed by atoms with E-state index in [1.54, 1.807) is 23.2 Å². The van der Waals surface area contributed by atoms with Gasteiger partial charge in [-0.1, -0.05) is 32.9 Å². The Bertz CT molecular complexity index is 971. The minimum absolute atomic E-state index is 0.172. The van der Waals surface area contributed by atoms with Gasteiger partial charge in [0.25, 0.3) is 0 Å². The number of rotatable bonds is 3. The molecule has 9 nitrogen and oxygen atoms in total. The first-order chi connectivity index (χ1) is 15.3. The number of amides is 3. The lowest BCUT2D eigenvalue weighted by Crippen LogP contribution is -2.70. The molecule has 0 bridgehead atoms. The number of hydrogen-bond acceptors (Lipinski definition) is 6. The molecule has 0 radical (unpaired) electrons. The predicted octanol–water partition coefficient (Wildman–Crippen LogP) is 2.45. The zero-order chi connectivity index (χ0) is 22.8. The number of likely N-dealkylation sites (tertiary alicyclic amines) is 1. The lowest BCUT2D eigenvalue weighted by molar-refractivity contribution is -0.0233. The summed E-state index contributed by atoms with van der Waals surface area (Å²) in [5.41, 5.74) is 0.202. The van der Waals surface area contributed by atoms with Crippen LogP contribution in [0.1, 0.15) is 38.6 Å². The number of pyridine rings is 2. The summed E-state index contributed by atoms with van der Waals surface area (Å²) in [6, 6.07) is 10.6. The van der Waals surface area contributed by atoms with Crippen LogP contribution in [0.5, 0.6) is 5.88 Å². The van der Waals surface area contributed by atoms with Crippen molar-refractivity contribution in [3.8, 4) is 5.88 Å². The number of urea groups is 1. The maximum absolute atomic E-state index is 13.2. The van der Waals surface area contributed by atoms with Gasteiger partial charge in [0, 0.05) is 62.5 Å². The Morgan fingerprint density at radius 2 is 1.88 bits per heavy atom. The zero-order valence-corrected chi connectivity index (χ0v) is 18.8. The molecule has 3 amide bonds. The molecule has 0 aliphatic carbocycles. The second-order valence-electron chi connectivity index (χ2n) is 9.12. The molecule has 1 atom stereocenters. The van der Waals surface area contributed by atoms with Crippen molar-refractivity contribution in [1.29, 1.82) is 0 Å². The van der Waals surface area contributed by atoms with E-state index in [9.17, 15) is 9.59 Å². The molecule has 2 aliphatic heterocycles. The van der Waals surface area contributed by atoms with Crippen molar-refractivity contribution in [2.24, 2.45) is 0 Å². The number of aromatic nitrogens is 2. The van der Waals surface area contributed by atoms with Crippen molar-refractivity contribution in [2.45, 2.75) is 38.3 Å². The SMILES string of the molecule is CC(C)(C)c1cccc(OC(=O)N2CCC2(NC(=O)N2CCNCC2)c2ccccn2)n1. The van der Waals surface area contributed by atoms with Crippen LogP contribution in [-0.2, 0) is 11.1 Å². The van der Waals surface area contributed by atoms with Crippen LogP contribution in [0.3, 0.4) is 0 Å². The number of hydrogen-bond donors (Lipinski definition) is 2. The Hall–Kier alpha value is -3.20. The number of carbonyl (C=O) groups is 2. The topological polar surface area (TPSA) is 99.7 Å². The molecule has 170 valence electrons. The number of nitrogens with zero attached hydrogens (tertiary/aromatic N) is 4. The van der Waals surface area contributed by atoms with Crippen molar-refractivity contribution in [1.82, 2.24) is 30.4 Å². The summed E-state index contributed by atoms with van der Waals surface area (Å²) in [6.07, 6.45) is 1.64. The van der Waals surface area contributed by atoms with E-state index in [2.05, 4.69) is 20.6 Å². The highest BCUT2D eigenvalue weighted by atomic mass is 16.6. The van der Waals surface area contributed by atoms with Crippen LogP contribution in [0.25, 0.3) is 0 Å². The summed E-state index contributed by atoms with van der Waals surface area (Å²) in [4.78, 5) is 38.4. The first kappa shape index (κ1) is 22.0. The summed E-state index contributed by atoms with van der Waals surface area (Å²) in [5.74, 6) is 0.234. The fourth-order valence-corrected chi connectivity index (χ4v) is 3.92. The van der Waals surface area contributed by atoms with Gasteiger partial charge in [0.2, 0.25) is 5.88 Å². The Morgan fingerprint density at radius 3 is 2.50 bits per heavy atom. The summed E-state index contributed by atoms with van der Waals surface area (Å²) < 4.78 is 5.63. The largest absolute Gasteiger partial charge is 0.418 e. The molecule has 2 saturated heterocycles. The first-order valence-electron chi connectivity index (χ1n) is 11.0. The van der Waals surface area contributed by atoms with E-state index >= 15 is 0 Å². The molecular formula is C23H30N6O3. The molecule has 4 heterocycles. The molecule has 1 unspecified atom stereocenters. The van der Waals surface area contributed by atoms with Gasteiger partial charge in [0.15, 0.2) is 5.66 Å². The average molecular weight is 439 g/mol. The standard InChI is InChI=1S/C23H30N6O3/c1-22(2,3)17-8-6-9-19(26-17)32-21(31)29-14-10-23(29,18-7-4-5-11-25-18)27-20(30)28-15-12-24-13-16-28/h4-9,11,24H,10,12-16H2,1-3H3,(H,27,30). The van der Waals surface area contributed by atoms with Crippen LogP contribution in [0.4, 0.5) is 9.59 Å². The van der Waals surface area contributed by atoms with Gasteiger partial charge in [0.05, 0.1) is 5.69 Å². The number of nitrogens with one attached hydrogen (secondary N) is 2. The van der Waals surface area contributed by atoms with Gasteiger partial charge in [-0.3, -0.25) is 9.88 Å². The van der Waals surface area contributed by atoms with Crippen molar-refractivity contribution in [3.63, 3.8) is 0 Å². The van der Waals surface area contributed by atoms with E-state index in [-0.39, 0.29) is 17.3 Å². The quantitative estimate of drug-likeness (QED) is 0.764. The van der Waals surface area contributed by atoms with E-state index in [0.29, 0.717) is 31.7 Å². The summed E-state index contributed by atoms with van der Waals surface area (Å²) in [7, 11) is 0. The van der Waals surface area contributed by atoms with Gasteiger partial charge in [-0.05, 0) is 18.2 Å². The fraction of sp³-hybridized carbons (Fsp3) is 0.478. The molecule has 2 N–H and O–H groups in total. The van der Waals surface area contributed by atoms with Gasteiger partial charge in [-0.15, -0.1) is 0 Å². The van der Waals surface area contributed by atoms with E-state index in [0.717, 1.165) is 18.8 Å². The summed E-state index contributed by atoms with van der Waals surface area (Å²) in [6.45, 7) is 9.29. The number of carbonyl (C=O) groups excluding carboxylic acids is 2. The average Bonchev–Trinajstić information content (AvgIpc) is 2.77. The van der Waals surface area contributed by atoms with E-state index in [1.807, 2.05) is 45.0 Å². The highest BCUT2D eigenvalue weighted by Gasteiger charge is 2.52. The van der Waals surface area contributed by atoms with Crippen LogP contribution in [0.15, 0.2) is 42.6 Å². The third-order valence-corrected chi connectivity index (χ3v) is 5.87. The molecule has 2 aromatic heterocycles. The minimum atomic E-state index is -1.05. The van der Waals surface area contributed by atoms with E-state index in [4.69, 9.17) is 4.74 Å². The Kier molecular flexibility index (Phi) is 6.01. The fourth-order valence-electron chi connectivity index (χ4n) is 3.92. The molecule has 4 rings (SSSR count). The van der Waals surface area contributed by atoms with Gasteiger partial charge < -0.3 is 20.3 Å². The molecule has 9 heteroatoms. The van der Waals surface area contributed by atoms with Gasteiger partial charge >= 0.3 is 12.1 Å². The monoisotopic (exact) mass is 438 g/mol. The van der Waals surface area contributed by atoms with Crippen LogP contribution in [-0.4, -0.2) is 64.6 Å². The van der Waals surface area contributed by atoms with Crippen LogP contribution in [0.2, 0.25) is 0 Å². The highest BCUT2D eigenvalue weighted by molar-refractivity contribution is 5.78. The van der Waals surface area contributed by atoms with Crippen molar-refractivity contribution >= 4 is 12.1 Å². The van der Waals surface area contributed by atoms with Crippen LogP contribution in [0, 0.1) is 0 Å². The number of ether oxygens (including phenoxy) is 1. The van der Waals surface area contributed by atoms with Crippen molar-refractivity contribution < 1.29 is 14.3 Å². The van der Waals surface area contributed by atoms with E-state index < -0.39 is 11.8 Å². The maximum Gasteiger partial charge on any atom is 0.418 e. The van der Waals surface area contributed by atoms with Crippen molar-refractivity contribution in [2.75, 3.05) is 32.7 Å². The van der Waals surface area contributed by atoms with Crippen LogP contribution >= 0.6 is 0 Å². The molecule has 2 aromatic rings. The van der Waals surface area contributed by atoms with Gasteiger partial charge in [-0.2, -0.15) is 0 Å². The number of piperazine rings is 1. The molecule has 2 aliphatic rings. The zero-order valence-electron chi connectivity index (χ0n) is 18.8. The molecular weight excluding hydrogens is 408 g/mol. The van der Waals surface area contributed by atoms with Gasteiger partial charge in [-0.25, -0.2) is 14.6 Å². The second kappa shape index (κ2) is 8.74. The van der Waals surface area contributed by atoms with Gasteiger partial charge in [0.1, 0.15) is 0 Å². The Labute approximate surface area is 188 Å². The summed E-state index contributed by atoms with van der Waals surface area (Å²) in [5, 5.41) is 6.31. The normalized spacial score (nSPS) is 21.0. The Morgan fingerprint density at radius 1 is 1.09 bits per heavy atom. The third kappa shape index (κ3) is 4.38. The molecule has 0 spiro atoms. The molecule has 32 heavy (non-hydrogen) atoms. The first-order valence-corrected chi connectivity index (χ1v) is 11.0. The molecule has 2 fully saturated rings. The lowest BCUT2D eigenvalue weighted by Gasteiger charge is -2.51. The minimum Gasteiger partial charge on any atom is -0.391 e. The smallest absolute Gasteiger partial charge is 0.391 e. The van der Waals surface area contributed by atoms with E-state index in [1.165, 1.54) is 4.90 Å².